The summed E-state index contributed by atoms with van der Waals surface area (Å²) in [7, 11) is 0. The van der Waals surface area contributed by atoms with Gasteiger partial charge in [-0.15, -0.1) is 0 Å². The van der Waals surface area contributed by atoms with Gasteiger partial charge in [0.25, 0.3) is 0 Å². The first kappa shape index (κ1) is 14.0. The van der Waals surface area contributed by atoms with Crippen LogP contribution in [0.15, 0.2) is 0 Å². The fraction of sp³-hybridized carbons (Fsp3) is 1.00. The van der Waals surface area contributed by atoms with E-state index in [4.69, 9.17) is 0 Å². The quantitative estimate of drug-likeness (QED) is 0.640. The summed E-state index contributed by atoms with van der Waals surface area (Å²) in [5, 5.41) is 3.40. The third-order valence-electron chi connectivity index (χ3n) is 3.80. The zero-order chi connectivity index (χ0) is 11.6. The Kier molecular flexibility index (Phi) is 7.87. The highest BCUT2D eigenvalue weighted by Gasteiger charge is 2.18. The summed E-state index contributed by atoms with van der Waals surface area (Å²) in [5.41, 5.74) is 0. The van der Waals surface area contributed by atoms with Gasteiger partial charge in [0.2, 0.25) is 0 Å². The summed E-state index contributed by atoms with van der Waals surface area (Å²) < 4.78 is 0. The summed E-state index contributed by atoms with van der Waals surface area (Å²) in [4.78, 5) is 2.71. The van der Waals surface area contributed by atoms with Gasteiger partial charge in [-0.1, -0.05) is 33.1 Å². The minimum atomic E-state index is 0.901. The lowest BCUT2D eigenvalue weighted by atomic mass is 9.94. The molecule has 0 amide bonds. The van der Waals surface area contributed by atoms with E-state index in [-0.39, 0.29) is 0 Å². The Morgan fingerprint density at radius 3 is 2.44 bits per heavy atom. The molecule has 1 aliphatic rings. The summed E-state index contributed by atoms with van der Waals surface area (Å²) in [5.74, 6) is 0. The Bertz CT molecular complexity index is 153. The molecule has 0 atom stereocenters. The lowest BCUT2D eigenvalue weighted by Gasteiger charge is -2.33. The maximum absolute atomic E-state index is 3.40. The van der Waals surface area contributed by atoms with E-state index in [1.54, 1.807) is 0 Å². The summed E-state index contributed by atoms with van der Waals surface area (Å²) >= 11 is 0. The van der Waals surface area contributed by atoms with Crippen LogP contribution in [0.2, 0.25) is 0 Å². The highest BCUT2D eigenvalue weighted by Crippen LogP contribution is 2.22. The van der Waals surface area contributed by atoms with E-state index in [1.807, 2.05) is 0 Å². The molecule has 0 heterocycles. The number of nitrogens with zero attached hydrogens (tertiary/aromatic N) is 1. The normalized spacial score (nSPS) is 18.2. The highest BCUT2D eigenvalue weighted by atomic mass is 15.1. The number of rotatable bonds is 8. The molecule has 0 aromatic carbocycles. The van der Waals surface area contributed by atoms with Crippen LogP contribution in [0.4, 0.5) is 0 Å². The molecular formula is C14H30N2. The molecule has 0 radical (unpaired) electrons. The Morgan fingerprint density at radius 1 is 1.06 bits per heavy atom. The SMILES string of the molecule is CCNCCCCN(CC)C1CCCCC1. The number of hydrogen-bond acceptors (Lipinski definition) is 2. The second kappa shape index (κ2) is 9.00. The monoisotopic (exact) mass is 226 g/mol. The van der Waals surface area contributed by atoms with Crippen molar-refractivity contribution in [2.75, 3.05) is 26.2 Å². The Morgan fingerprint density at radius 2 is 1.81 bits per heavy atom. The number of unbranched alkanes of at least 4 members (excludes halogenated alkanes) is 1. The molecule has 1 N–H and O–H groups in total. The molecule has 0 aromatic rings. The molecule has 0 bridgehead atoms. The zero-order valence-electron chi connectivity index (χ0n) is 11.3. The van der Waals surface area contributed by atoms with Gasteiger partial charge in [-0.2, -0.15) is 0 Å². The van der Waals surface area contributed by atoms with Crippen molar-refractivity contribution in [2.45, 2.75) is 64.8 Å². The van der Waals surface area contributed by atoms with E-state index in [0.29, 0.717) is 0 Å². The molecule has 1 fully saturated rings. The van der Waals surface area contributed by atoms with Crippen molar-refractivity contribution in [2.24, 2.45) is 0 Å². The van der Waals surface area contributed by atoms with Gasteiger partial charge in [-0.25, -0.2) is 0 Å². The highest BCUT2D eigenvalue weighted by molar-refractivity contribution is 4.75. The van der Waals surface area contributed by atoms with Crippen molar-refractivity contribution >= 4 is 0 Å². The first-order valence-corrected chi connectivity index (χ1v) is 7.33. The minimum absolute atomic E-state index is 0.901. The second-order valence-corrected chi connectivity index (χ2v) is 4.98. The Balaban J connectivity index is 2.10. The molecule has 96 valence electrons. The molecule has 1 saturated carbocycles. The third kappa shape index (κ3) is 5.31. The molecular weight excluding hydrogens is 196 g/mol. The van der Waals surface area contributed by atoms with Gasteiger partial charge in [0.15, 0.2) is 0 Å². The van der Waals surface area contributed by atoms with E-state index in [2.05, 4.69) is 24.1 Å². The predicted molar refractivity (Wildman–Crippen MR) is 71.9 cm³/mol. The standard InChI is InChI=1S/C14H30N2/c1-3-15-12-8-9-13-16(4-2)14-10-6-5-7-11-14/h14-15H,3-13H2,1-2H3. The maximum Gasteiger partial charge on any atom is 0.00951 e. The number of nitrogens with one attached hydrogen (secondary N) is 1. The summed E-state index contributed by atoms with van der Waals surface area (Å²) in [6.45, 7) is 9.36. The van der Waals surface area contributed by atoms with Crippen LogP contribution >= 0.6 is 0 Å². The zero-order valence-corrected chi connectivity index (χ0v) is 11.3. The van der Waals surface area contributed by atoms with Crippen molar-refractivity contribution in [3.05, 3.63) is 0 Å². The van der Waals surface area contributed by atoms with Gasteiger partial charge in [-0.05, 0) is 51.9 Å². The van der Waals surface area contributed by atoms with E-state index >= 15 is 0 Å². The van der Waals surface area contributed by atoms with Crippen LogP contribution in [0.3, 0.4) is 0 Å². The molecule has 0 aromatic heterocycles. The van der Waals surface area contributed by atoms with Crippen LogP contribution in [0.25, 0.3) is 0 Å². The second-order valence-electron chi connectivity index (χ2n) is 4.98. The molecule has 16 heavy (non-hydrogen) atoms. The fourth-order valence-corrected chi connectivity index (χ4v) is 2.79. The van der Waals surface area contributed by atoms with Crippen LogP contribution in [-0.2, 0) is 0 Å². The summed E-state index contributed by atoms with van der Waals surface area (Å²) in [6, 6.07) is 0.901. The maximum atomic E-state index is 3.40. The first-order valence-electron chi connectivity index (χ1n) is 7.33. The van der Waals surface area contributed by atoms with E-state index in [0.717, 1.165) is 12.6 Å². The Hall–Kier alpha value is -0.0800. The van der Waals surface area contributed by atoms with Crippen LogP contribution in [-0.4, -0.2) is 37.1 Å². The first-order chi connectivity index (χ1) is 7.88. The van der Waals surface area contributed by atoms with E-state index in [9.17, 15) is 0 Å². The topological polar surface area (TPSA) is 15.3 Å². The molecule has 0 saturated heterocycles. The third-order valence-corrected chi connectivity index (χ3v) is 3.80. The fourth-order valence-electron chi connectivity index (χ4n) is 2.79. The van der Waals surface area contributed by atoms with Gasteiger partial charge in [0, 0.05) is 6.04 Å². The van der Waals surface area contributed by atoms with E-state index in [1.165, 1.54) is 64.6 Å². The van der Waals surface area contributed by atoms with Gasteiger partial charge in [0.1, 0.15) is 0 Å². The van der Waals surface area contributed by atoms with Crippen molar-refractivity contribution in [3.8, 4) is 0 Å². The average molecular weight is 226 g/mol. The van der Waals surface area contributed by atoms with Crippen LogP contribution in [0, 0.1) is 0 Å². The van der Waals surface area contributed by atoms with Gasteiger partial charge >= 0.3 is 0 Å². The number of hydrogen-bond donors (Lipinski definition) is 1. The van der Waals surface area contributed by atoms with Crippen LogP contribution < -0.4 is 5.32 Å². The Labute approximate surface area is 102 Å². The van der Waals surface area contributed by atoms with Gasteiger partial charge in [-0.3, -0.25) is 0 Å². The molecule has 0 unspecified atom stereocenters. The smallest absolute Gasteiger partial charge is 0.00951 e. The summed E-state index contributed by atoms with van der Waals surface area (Å²) in [6.07, 6.45) is 9.96. The van der Waals surface area contributed by atoms with Gasteiger partial charge < -0.3 is 10.2 Å². The van der Waals surface area contributed by atoms with Crippen LogP contribution in [0.5, 0.6) is 0 Å². The predicted octanol–water partition coefficient (Wildman–Crippen LogP) is 3.03. The largest absolute Gasteiger partial charge is 0.317 e. The molecule has 2 nitrogen and oxygen atoms in total. The lowest BCUT2D eigenvalue weighted by Crippen LogP contribution is -2.37. The van der Waals surface area contributed by atoms with E-state index < -0.39 is 0 Å². The van der Waals surface area contributed by atoms with Crippen molar-refractivity contribution in [1.29, 1.82) is 0 Å². The molecule has 1 rings (SSSR count). The average Bonchev–Trinajstić information content (AvgIpc) is 2.35. The van der Waals surface area contributed by atoms with Crippen molar-refractivity contribution in [3.63, 3.8) is 0 Å². The molecule has 2 heteroatoms. The molecule has 1 aliphatic carbocycles. The van der Waals surface area contributed by atoms with Crippen molar-refractivity contribution < 1.29 is 0 Å². The lowest BCUT2D eigenvalue weighted by molar-refractivity contribution is 0.161. The van der Waals surface area contributed by atoms with Gasteiger partial charge in [0.05, 0.1) is 0 Å². The molecule has 0 spiro atoms. The minimum Gasteiger partial charge on any atom is -0.317 e. The van der Waals surface area contributed by atoms with Crippen molar-refractivity contribution in [1.82, 2.24) is 10.2 Å². The van der Waals surface area contributed by atoms with Crippen LogP contribution in [0.1, 0.15) is 58.8 Å². The molecule has 0 aliphatic heterocycles.